The minimum absolute atomic E-state index is 0.404. The predicted octanol–water partition coefficient (Wildman–Crippen LogP) is 11.4. The maximum Gasteiger partial charge on any atom is 0.159 e. The summed E-state index contributed by atoms with van der Waals surface area (Å²) in [5, 5.41) is 7.16. The van der Waals surface area contributed by atoms with Crippen molar-refractivity contribution in [2.24, 2.45) is 9.98 Å². The lowest BCUT2D eigenvalue weighted by molar-refractivity contribution is 0.595. The van der Waals surface area contributed by atoms with E-state index in [-0.39, 0.29) is 0 Å². The van der Waals surface area contributed by atoms with Crippen molar-refractivity contribution in [1.29, 1.82) is 0 Å². The zero-order valence-corrected chi connectivity index (χ0v) is 27.7. The molecule has 3 heterocycles. The van der Waals surface area contributed by atoms with Gasteiger partial charge in [-0.05, 0) is 97.2 Å². The summed E-state index contributed by atoms with van der Waals surface area (Å²) < 4.78 is 13.1. The molecule has 50 heavy (non-hydrogen) atoms. The van der Waals surface area contributed by atoms with Crippen LogP contribution in [0.25, 0.3) is 55.7 Å². The van der Waals surface area contributed by atoms with Crippen molar-refractivity contribution in [3.8, 4) is 11.1 Å². The van der Waals surface area contributed by atoms with Gasteiger partial charge in [-0.2, -0.15) is 0 Å². The number of fused-ring (bicyclic) bond motifs is 6. The SMILES string of the molecule is C1=Cc2oc3cc(C4=NC(c5cc(-c6ccccc6)c6c(c5)oc5ccccc56)NC(c5ccccc5)=N4)cc(C4=CCCCC4)c3c2CC1. The number of furan rings is 2. The van der Waals surface area contributed by atoms with Gasteiger partial charge in [0.1, 0.15) is 34.5 Å². The number of hydrogen-bond donors (Lipinski definition) is 1. The van der Waals surface area contributed by atoms with Gasteiger partial charge in [-0.3, -0.25) is 0 Å². The third-order valence-corrected chi connectivity index (χ3v) is 10.3. The molecule has 3 aliphatic rings. The van der Waals surface area contributed by atoms with Crippen LogP contribution in [-0.4, -0.2) is 11.7 Å². The van der Waals surface area contributed by atoms with Gasteiger partial charge in [0, 0.05) is 38.4 Å². The van der Waals surface area contributed by atoms with Crippen molar-refractivity contribution in [2.45, 2.75) is 44.7 Å². The molecule has 1 atom stereocenters. The fourth-order valence-corrected chi connectivity index (χ4v) is 7.95. The van der Waals surface area contributed by atoms with Crippen LogP contribution in [0, 0.1) is 0 Å². The van der Waals surface area contributed by atoms with Crippen LogP contribution >= 0.6 is 0 Å². The second-order valence-electron chi connectivity index (χ2n) is 13.5. The molecule has 1 aliphatic heterocycles. The van der Waals surface area contributed by atoms with E-state index < -0.39 is 6.17 Å². The van der Waals surface area contributed by atoms with Gasteiger partial charge in [0.2, 0.25) is 0 Å². The first-order chi connectivity index (χ1) is 24.8. The number of hydrogen-bond acceptors (Lipinski definition) is 5. The van der Waals surface area contributed by atoms with Gasteiger partial charge in [0.25, 0.3) is 0 Å². The van der Waals surface area contributed by atoms with E-state index in [2.05, 4.69) is 115 Å². The van der Waals surface area contributed by atoms with E-state index in [0.717, 1.165) is 92.6 Å². The average Bonchev–Trinajstić information content (AvgIpc) is 3.76. The molecular formula is C45H35N3O2. The highest BCUT2D eigenvalue weighted by Gasteiger charge is 2.27. The van der Waals surface area contributed by atoms with E-state index in [1.165, 1.54) is 34.9 Å². The van der Waals surface area contributed by atoms with Gasteiger partial charge in [0.15, 0.2) is 5.84 Å². The molecule has 1 N–H and O–H groups in total. The first-order valence-electron chi connectivity index (χ1n) is 17.7. The topological polar surface area (TPSA) is 63.0 Å². The highest BCUT2D eigenvalue weighted by Crippen LogP contribution is 2.42. The van der Waals surface area contributed by atoms with Crippen LogP contribution in [0.15, 0.2) is 140 Å². The number of nitrogens with zero attached hydrogens (tertiary/aromatic N) is 2. The summed E-state index contributed by atoms with van der Waals surface area (Å²) in [5.74, 6) is 2.45. The lowest BCUT2D eigenvalue weighted by atomic mass is 9.88. The Morgan fingerprint density at radius 2 is 1.44 bits per heavy atom. The third kappa shape index (κ3) is 4.92. The molecule has 0 saturated heterocycles. The quantitative estimate of drug-likeness (QED) is 0.202. The van der Waals surface area contributed by atoms with Gasteiger partial charge in [-0.25, -0.2) is 9.98 Å². The molecule has 0 spiro atoms. The van der Waals surface area contributed by atoms with Crippen molar-refractivity contribution in [1.82, 2.24) is 5.32 Å². The highest BCUT2D eigenvalue weighted by atomic mass is 16.3. The van der Waals surface area contributed by atoms with Crippen LogP contribution in [0.5, 0.6) is 0 Å². The monoisotopic (exact) mass is 649 g/mol. The Morgan fingerprint density at radius 3 is 2.28 bits per heavy atom. The molecule has 1 unspecified atom stereocenters. The molecule has 10 rings (SSSR count). The maximum atomic E-state index is 6.57. The van der Waals surface area contributed by atoms with Crippen LogP contribution < -0.4 is 5.32 Å². The molecule has 242 valence electrons. The minimum Gasteiger partial charge on any atom is -0.456 e. The van der Waals surface area contributed by atoms with E-state index in [1.807, 2.05) is 18.2 Å². The van der Waals surface area contributed by atoms with E-state index in [0.29, 0.717) is 5.84 Å². The Balaban J connectivity index is 1.18. The van der Waals surface area contributed by atoms with Crippen molar-refractivity contribution >= 4 is 56.2 Å². The summed E-state index contributed by atoms with van der Waals surface area (Å²) >= 11 is 0. The lowest BCUT2D eigenvalue weighted by Crippen LogP contribution is -2.33. The Hall–Kier alpha value is -5.94. The Labute approximate surface area is 290 Å². The van der Waals surface area contributed by atoms with Crippen molar-refractivity contribution < 1.29 is 8.83 Å². The zero-order chi connectivity index (χ0) is 33.0. The number of allylic oxidation sites excluding steroid dienone is 3. The number of aliphatic imine (C=N–C) groups is 2. The Bertz CT molecular complexity index is 2570. The number of nitrogens with one attached hydrogen (secondary N) is 1. The molecule has 5 heteroatoms. The Kier molecular flexibility index (Phi) is 6.90. The second kappa shape index (κ2) is 11.9. The lowest BCUT2D eigenvalue weighted by Gasteiger charge is -2.24. The van der Waals surface area contributed by atoms with Crippen LogP contribution in [-0.2, 0) is 6.42 Å². The molecule has 2 aliphatic carbocycles. The van der Waals surface area contributed by atoms with Gasteiger partial charge < -0.3 is 14.2 Å². The number of aryl methyl sites for hydroxylation is 1. The normalized spacial score (nSPS) is 17.4. The van der Waals surface area contributed by atoms with Crippen molar-refractivity contribution in [3.63, 3.8) is 0 Å². The molecule has 2 aromatic heterocycles. The van der Waals surface area contributed by atoms with Crippen molar-refractivity contribution in [3.05, 3.63) is 155 Å². The molecule has 5 aromatic carbocycles. The van der Waals surface area contributed by atoms with Gasteiger partial charge in [-0.1, -0.05) is 91.0 Å². The van der Waals surface area contributed by atoms with Crippen LogP contribution in [0.4, 0.5) is 0 Å². The third-order valence-electron chi connectivity index (χ3n) is 10.3. The Morgan fingerprint density at radius 1 is 0.640 bits per heavy atom. The second-order valence-corrected chi connectivity index (χ2v) is 13.5. The molecule has 0 fully saturated rings. The van der Waals surface area contributed by atoms with E-state index in [9.17, 15) is 0 Å². The fraction of sp³-hybridized carbons (Fsp3) is 0.156. The van der Waals surface area contributed by atoms with E-state index >= 15 is 0 Å². The van der Waals surface area contributed by atoms with Crippen LogP contribution in [0.3, 0.4) is 0 Å². The number of para-hydroxylation sites is 1. The molecule has 0 saturated carbocycles. The molecule has 0 radical (unpaired) electrons. The highest BCUT2D eigenvalue weighted by molar-refractivity contribution is 6.15. The van der Waals surface area contributed by atoms with Crippen LogP contribution in [0.1, 0.15) is 71.8 Å². The van der Waals surface area contributed by atoms with E-state index in [1.54, 1.807) is 0 Å². The number of benzene rings is 5. The molecule has 5 nitrogen and oxygen atoms in total. The summed E-state index contributed by atoms with van der Waals surface area (Å²) in [4.78, 5) is 10.6. The zero-order valence-electron chi connectivity index (χ0n) is 27.7. The summed E-state index contributed by atoms with van der Waals surface area (Å²) in [5.41, 5.74) is 11.8. The van der Waals surface area contributed by atoms with Crippen molar-refractivity contribution in [2.75, 3.05) is 0 Å². The first-order valence-corrected chi connectivity index (χ1v) is 17.7. The molecule has 0 amide bonds. The summed E-state index contributed by atoms with van der Waals surface area (Å²) in [6.07, 6.45) is 13.0. The smallest absolute Gasteiger partial charge is 0.159 e. The van der Waals surface area contributed by atoms with Crippen LogP contribution in [0.2, 0.25) is 0 Å². The van der Waals surface area contributed by atoms with Gasteiger partial charge in [-0.15, -0.1) is 0 Å². The molecule has 0 bridgehead atoms. The van der Waals surface area contributed by atoms with Gasteiger partial charge >= 0.3 is 0 Å². The first kappa shape index (κ1) is 29.0. The fourth-order valence-electron chi connectivity index (χ4n) is 7.95. The predicted molar refractivity (Wildman–Crippen MR) is 205 cm³/mol. The standard InChI is InChI=1S/C45H35N3O2/c1-4-14-28(15-5-1)35-24-31(26-39-41(35)33-20-10-12-22-37(33)49-39)44-46-43(30-18-8-3-9-19-30)47-45(48-44)32-25-36(29-16-6-2-7-17-29)42-34-21-11-13-23-38(34)50-40(42)27-32/h1,3-5,8-10,12-16,18-20,22-27,44H,2,6-7,11,17,21H2,(H,46,47,48). The van der Waals surface area contributed by atoms with E-state index in [4.69, 9.17) is 18.8 Å². The average molecular weight is 650 g/mol. The maximum absolute atomic E-state index is 6.57. The van der Waals surface area contributed by atoms with Gasteiger partial charge in [0.05, 0.1) is 0 Å². The number of rotatable bonds is 5. The summed E-state index contributed by atoms with van der Waals surface area (Å²) in [6.45, 7) is 0. The summed E-state index contributed by atoms with van der Waals surface area (Å²) in [6, 6.07) is 38.0. The molecule has 7 aromatic rings. The largest absolute Gasteiger partial charge is 0.456 e. The molecular weight excluding hydrogens is 615 g/mol. The summed E-state index contributed by atoms with van der Waals surface area (Å²) in [7, 11) is 0. The minimum atomic E-state index is -0.404. The number of amidine groups is 2.